The van der Waals surface area contributed by atoms with Gasteiger partial charge >= 0.3 is 5.97 Å². The van der Waals surface area contributed by atoms with Crippen LogP contribution in [0.2, 0.25) is 0 Å². The highest BCUT2D eigenvalue weighted by atomic mass is 16.4. The molecule has 92 valence electrons. The van der Waals surface area contributed by atoms with Crippen LogP contribution in [0.3, 0.4) is 0 Å². The standard InChI is InChI=1S/C15H20O2/c1-12-5-7-13(8-6-12)15(11-14(16)17)9-3-2-4-10-15/h5-8H,2-4,9-11H2,1H3,(H,16,17). The van der Waals surface area contributed by atoms with E-state index in [4.69, 9.17) is 5.11 Å². The topological polar surface area (TPSA) is 37.3 Å². The maximum atomic E-state index is 11.1. The lowest BCUT2D eigenvalue weighted by atomic mass is 9.67. The summed E-state index contributed by atoms with van der Waals surface area (Å²) in [5, 5.41) is 9.15. The van der Waals surface area contributed by atoms with Crippen LogP contribution in [0.15, 0.2) is 24.3 Å². The van der Waals surface area contributed by atoms with E-state index in [1.54, 1.807) is 0 Å². The minimum absolute atomic E-state index is 0.113. The Labute approximate surface area is 103 Å². The zero-order valence-corrected chi connectivity index (χ0v) is 10.4. The number of carbonyl (C=O) groups is 1. The first-order valence-corrected chi connectivity index (χ1v) is 6.41. The second kappa shape index (κ2) is 4.91. The van der Waals surface area contributed by atoms with Gasteiger partial charge in [-0.25, -0.2) is 0 Å². The van der Waals surface area contributed by atoms with Crippen molar-refractivity contribution >= 4 is 5.97 Å². The second-order valence-corrected chi connectivity index (χ2v) is 5.28. The minimum atomic E-state index is -0.674. The zero-order chi connectivity index (χ0) is 12.3. The summed E-state index contributed by atoms with van der Waals surface area (Å²) in [6, 6.07) is 8.41. The van der Waals surface area contributed by atoms with Crippen LogP contribution in [-0.4, -0.2) is 11.1 Å². The third kappa shape index (κ3) is 2.68. The molecule has 2 heteroatoms. The zero-order valence-electron chi connectivity index (χ0n) is 10.4. The summed E-state index contributed by atoms with van der Waals surface area (Å²) in [7, 11) is 0. The van der Waals surface area contributed by atoms with E-state index in [0.717, 1.165) is 25.7 Å². The number of carboxylic acids is 1. The SMILES string of the molecule is Cc1ccc(C2(CC(=O)O)CCCCC2)cc1. The van der Waals surface area contributed by atoms with E-state index in [9.17, 15) is 4.79 Å². The molecule has 0 amide bonds. The molecule has 0 saturated heterocycles. The molecule has 2 rings (SSSR count). The fourth-order valence-electron chi connectivity index (χ4n) is 2.99. The summed E-state index contributed by atoms with van der Waals surface area (Å²) in [5.41, 5.74) is 2.33. The third-order valence-corrected chi connectivity index (χ3v) is 3.96. The predicted octanol–water partition coefficient (Wildman–Crippen LogP) is 3.67. The van der Waals surface area contributed by atoms with Crippen LogP contribution in [0.5, 0.6) is 0 Å². The highest BCUT2D eigenvalue weighted by Crippen LogP contribution is 2.42. The van der Waals surface area contributed by atoms with Crippen LogP contribution in [0, 0.1) is 6.92 Å². The Balaban J connectivity index is 2.31. The van der Waals surface area contributed by atoms with Gasteiger partial charge in [-0.2, -0.15) is 0 Å². The van der Waals surface area contributed by atoms with E-state index in [1.165, 1.54) is 17.5 Å². The number of aliphatic carboxylic acids is 1. The van der Waals surface area contributed by atoms with E-state index < -0.39 is 5.97 Å². The van der Waals surface area contributed by atoms with E-state index in [2.05, 4.69) is 31.2 Å². The van der Waals surface area contributed by atoms with Crippen LogP contribution >= 0.6 is 0 Å². The molecule has 17 heavy (non-hydrogen) atoms. The minimum Gasteiger partial charge on any atom is -0.481 e. The number of benzene rings is 1. The Kier molecular flexibility index (Phi) is 3.51. The summed E-state index contributed by atoms with van der Waals surface area (Å²) in [4.78, 5) is 11.1. The van der Waals surface area contributed by atoms with Crippen LogP contribution in [-0.2, 0) is 10.2 Å². The molecular weight excluding hydrogens is 212 g/mol. The lowest BCUT2D eigenvalue weighted by molar-refractivity contribution is -0.138. The van der Waals surface area contributed by atoms with E-state index in [-0.39, 0.29) is 11.8 Å². The van der Waals surface area contributed by atoms with E-state index in [1.807, 2.05) is 0 Å². The van der Waals surface area contributed by atoms with Crippen LogP contribution in [0.4, 0.5) is 0 Å². The molecule has 1 saturated carbocycles. The summed E-state index contributed by atoms with van der Waals surface area (Å²) in [6.45, 7) is 2.06. The van der Waals surface area contributed by atoms with Crippen molar-refractivity contribution in [3.05, 3.63) is 35.4 Å². The lowest BCUT2D eigenvalue weighted by Gasteiger charge is -2.36. The Morgan fingerprint density at radius 1 is 1.18 bits per heavy atom. The molecule has 1 aliphatic rings. The second-order valence-electron chi connectivity index (χ2n) is 5.28. The first-order valence-electron chi connectivity index (χ1n) is 6.41. The molecule has 1 aliphatic carbocycles. The molecule has 0 aromatic heterocycles. The fraction of sp³-hybridized carbons (Fsp3) is 0.533. The number of rotatable bonds is 3. The summed E-state index contributed by atoms with van der Waals surface area (Å²) < 4.78 is 0. The van der Waals surface area contributed by atoms with Crippen molar-refractivity contribution in [2.24, 2.45) is 0 Å². The molecule has 0 unspecified atom stereocenters. The molecule has 0 radical (unpaired) electrons. The first-order chi connectivity index (χ1) is 8.12. The van der Waals surface area contributed by atoms with Crippen molar-refractivity contribution in [1.82, 2.24) is 0 Å². The van der Waals surface area contributed by atoms with Gasteiger partial charge in [-0.05, 0) is 25.3 Å². The number of hydrogen-bond donors (Lipinski definition) is 1. The summed E-state index contributed by atoms with van der Waals surface area (Å²) in [6.07, 6.45) is 5.86. The van der Waals surface area contributed by atoms with Gasteiger partial charge < -0.3 is 5.11 Å². The molecular formula is C15H20O2. The Bertz CT molecular complexity index is 386. The van der Waals surface area contributed by atoms with Crippen molar-refractivity contribution in [2.45, 2.75) is 50.9 Å². The van der Waals surface area contributed by atoms with Gasteiger partial charge in [0.05, 0.1) is 6.42 Å². The van der Waals surface area contributed by atoms with Gasteiger partial charge in [-0.3, -0.25) is 4.79 Å². The van der Waals surface area contributed by atoms with Crippen molar-refractivity contribution in [1.29, 1.82) is 0 Å². The molecule has 1 fully saturated rings. The van der Waals surface area contributed by atoms with E-state index >= 15 is 0 Å². The van der Waals surface area contributed by atoms with Gasteiger partial charge in [0.1, 0.15) is 0 Å². The van der Waals surface area contributed by atoms with Gasteiger partial charge in [0.25, 0.3) is 0 Å². The van der Waals surface area contributed by atoms with Gasteiger partial charge in [0.15, 0.2) is 0 Å². The van der Waals surface area contributed by atoms with Crippen molar-refractivity contribution in [3.63, 3.8) is 0 Å². The Morgan fingerprint density at radius 3 is 2.29 bits per heavy atom. The molecule has 0 heterocycles. The third-order valence-electron chi connectivity index (χ3n) is 3.96. The molecule has 0 aliphatic heterocycles. The van der Waals surface area contributed by atoms with Crippen molar-refractivity contribution < 1.29 is 9.90 Å². The Hall–Kier alpha value is -1.31. The van der Waals surface area contributed by atoms with Crippen LogP contribution in [0.1, 0.15) is 49.7 Å². The number of carboxylic acid groups (broad SMARTS) is 1. The number of aryl methyl sites for hydroxylation is 1. The Morgan fingerprint density at radius 2 is 1.76 bits per heavy atom. The van der Waals surface area contributed by atoms with Gasteiger partial charge in [-0.15, -0.1) is 0 Å². The molecule has 1 aromatic rings. The van der Waals surface area contributed by atoms with Crippen molar-refractivity contribution in [2.75, 3.05) is 0 Å². The average molecular weight is 232 g/mol. The first kappa shape index (κ1) is 12.2. The predicted molar refractivity (Wildman–Crippen MR) is 68.2 cm³/mol. The smallest absolute Gasteiger partial charge is 0.304 e. The van der Waals surface area contributed by atoms with Gasteiger partial charge in [0.2, 0.25) is 0 Å². The normalized spacial score (nSPS) is 18.9. The van der Waals surface area contributed by atoms with Crippen LogP contribution in [0.25, 0.3) is 0 Å². The van der Waals surface area contributed by atoms with Gasteiger partial charge in [-0.1, -0.05) is 49.1 Å². The molecule has 2 nitrogen and oxygen atoms in total. The summed E-state index contributed by atoms with van der Waals surface area (Å²) >= 11 is 0. The lowest BCUT2D eigenvalue weighted by Crippen LogP contribution is -2.31. The maximum absolute atomic E-state index is 11.1. The molecule has 0 spiro atoms. The molecule has 0 atom stereocenters. The van der Waals surface area contributed by atoms with Crippen LogP contribution < -0.4 is 0 Å². The molecule has 1 N–H and O–H groups in total. The van der Waals surface area contributed by atoms with Gasteiger partial charge in [0, 0.05) is 5.41 Å². The number of hydrogen-bond acceptors (Lipinski definition) is 1. The molecule has 1 aromatic carbocycles. The maximum Gasteiger partial charge on any atom is 0.304 e. The largest absolute Gasteiger partial charge is 0.481 e. The quantitative estimate of drug-likeness (QED) is 0.863. The monoisotopic (exact) mass is 232 g/mol. The van der Waals surface area contributed by atoms with E-state index in [0.29, 0.717) is 0 Å². The highest BCUT2D eigenvalue weighted by molar-refractivity contribution is 5.69. The average Bonchev–Trinajstić information content (AvgIpc) is 2.30. The summed E-state index contributed by atoms with van der Waals surface area (Å²) in [5.74, 6) is -0.674. The molecule has 0 bridgehead atoms. The fourth-order valence-corrected chi connectivity index (χ4v) is 2.99. The van der Waals surface area contributed by atoms with Crippen molar-refractivity contribution in [3.8, 4) is 0 Å². The highest BCUT2D eigenvalue weighted by Gasteiger charge is 2.35.